The number of benzene rings is 1. The molecule has 0 unspecified atom stereocenters. The third-order valence-corrected chi connectivity index (χ3v) is 3.75. The van der Waals surface area contributed by atoms with Gasteiger partial charge in [-0.1, -0.05) is 63.2 Å². The van der Waals surface area contributed by atoms with Crippen LogP contribution < -0.4 is 5.73 Å². The van der Waals surface area contributed by atoms with Crippen LogP contribution in [-0.2, 0) is 11.2 Å². The van der Waals surface area contributed by atoms with E-state index >= 15 is 0 Å². The van der Waals surface area contributed by atoms with E-state index in [-0.39, 0.29) is 5.91 Å². The molecule has 0 bridgehead atoms. The van der Waals surface area contributed by atoms with Gasteiger partial charge in [-0.3, -0.25) is 4.79 Å². The highest BCUT2D eigenvalue weighted by atomic mass is 32.1. The first-order chi connectivity index (χ1) is 10.1. The molecule has 1 rings (SSSR count). The average Bonchev–Trinajstić information content (AvgIpc) is 2.47. The number of amides is 1. The molecular weight excluding hydrogens is 280 g/mol. The number of carbonyl (C=O) groups excluding carboxylic acids is 1. The summed E-state index contributed by atoms with van der Waals surface area (Å²) in [4.78, 5) is 14.8. The Morgan fingerprint density at radius 1 is 1.10 bits per heavy atom. The minimum absolute atomic E-state index is 0.208. The second-order valence-corrected chi connectivity index (χ2v) is 5.77. The SMILES string of the molecule is CCCCN(CCCC)C(=O)Cc1ccc(C(N)=S)cc1. The van der Waals surface area contributed by atoms with Gasteiger partial charge in [0.2, 0.25) is 5.91 Å². The molecule has 0 aliphatic carbocycles. The number of unbranched alkanes of at least 4 members (excludes halogenated alkanes) is 2. The molecule has 0 radical (unpaired) electrons. The lowest BCUT2D eigenvalue weighted by molar-refractivity contribution is -0.130. The van der Waals surface area contributed by atoms with Crippen molar-refractivity contribution in [3.05, 3.63) is 35.4 Å². The Labute approximate surface area is 133 Å². The van der Waals surface area contributed by atoms with Crippen molar-refractivity contribution in [1.29, 1.82) is 0 Å². The number of nitrogens with zero attached hydrogens (tertiary/aromatic N) is 1. The first-order valence-corrected chi connectivity index (χ1v) is 8.15. The van der Waals surface area contributed by atoms with Crippen LogP contribution in [0.2, 0.25) is 0 Å². The van der Waals surface area contributed by atoms with Crippen molar-refractivity contribution < 1.29 is 4.79 Å². The summed E-state index contributed by atoms with van der Waals surface area (Å²) in [5.74, 6) is 0.208. The molecule has 3 nitrogen and oxygen atoms in total. The molecule has 0 aliphatic rings. The predicted octanol–water partition coefficient (Wildman–Crippen LogP) is 3.29. The smallest absolute Gasteiger partial charge is 0.226 e. The Kier molecular flexibility index (Phi) is 7.98. The summed E-state index contributed by atoms with van der Waals surface area (Å²) in [6.45, 7) is 6.02. The molecule has 0 fully saturated rings. The molecule has 0 spiro atoms. The number of rotatable bonds is 9. The van der Waals surface area contributed by atoms with E-state index in [0.29, 0.717) is 11.4 Å². The molecule has 0 aliphatic heterocycles. The lowest BCUT2D eigenvalue weighted by atomic mass is 10.1. The average molecular weight is 306 g/mol. The molecule has 0 saturated heterocycles. The van der Waals surface area contributed by atoms with Gasteiger partial charge in [-0.05, 0) is 18.4 Å². The van der Waals surface area contributed by atoms with Crippen molar-refractivity contribution >= 4 is 23.1 Å². The summed E-state index contributed by atoms with van der Waals surface area (Å²) < 4.78 is 0. The van der Waals surface area contributed by atoms with Gasteiger partial charge in [0.25, 0.3) is 0 Å². The van der Waals surface area contributed by atoms with Crippen LogP contribution in [0.5, 0.6) is 0 Å². The maximum atomic E-state index is 12.4. The molecule has 116 valence electrons. The molecule has 1 aromatic rings. The van der Waals surface area contributed by atoms with Gasteiger partial charge < -0.3 is 10.6 Å². The molecule has 0 saturated carbocycles. The van der Waals surface area contributed by atoms with Crippen LogP contribution in [0.3, 0.4) is 0 Å². The van der Waals surface area contributed by atoms with E-state index in [1.54, 1.807) is 0 Å². The summed E-state index contributed by atoms with van der Waals surface area (Å²) in [6, 6.07) is 7.63. The zero-order chi connectivity index (χ0) is 15.7. The molecule has 0 heterocycles. The van der Waals surface area contributed by atoms with Gasteiger partial charge in [0.05, 0.1) is 6.42 Å². The van der Waals surface area contributed by atoms with Crippen molar-refractivity contribution in [2.75, 3.05) is 13.1 Å². The van der Waals surface area contributed by atoms with Crippen LogP contribution in [0.25, 0.3) is 0 Å². The lowest BCUT2D eigenvalue weighted by Crippen LogP contribution is -2.34. The third-order valence-electron chi connectivity index (χ3n) is 3.51. The van der Waals surface area contributed by atoms with Crippen molar-refractivity contribution in [2.45, 2.75) is 46.0 Å². The number of thiocarbonyl (C=S) groups is 1. The summed E-state index contributed by atoms with van der Waals surface area (Å²) in [5, 5.41) is 0. The fraction of sp³-hybridized carbons (Fsp3) is 0.529. The van der Waals surface area contributed by atoms with E-state index in [1.165, 1.54) is 0 Å². The second-order valence-electron chi connectivity index (χ2n) is 5.33. The molecule has 2 N–H and O–H groups in total. The van der Waals surface area contributed by atoms with Crippen LogP contribution in [0.15, 0.2) is 24.3 Å². The van der Waals surface area contributed by atoms with Gasteiger partial charge in [0.15, 0.2) is 0 Å². The van der Waals surface area contributed by atoms with E-state index in [0.717, 1.165) is 49.9 Å². The van der Waals surface area contributed by atoms with Crippen molar-refractivity contribution in [3.63, 3.8) is 0 Å². The molecule has 0 aromatic heterocycles. The van der Waals surface area contributed by atoms with E-state index in [9.17, 15) is 4.79 Å². The predicted molar refractivity (Wildman–Crippen MR) is 92.4 cm³/mol. The molecule has 0 atom stereocenters. The monoisotopic (exact) mass is 306 g/mol. The van der Waals surface area contributed by atoms with Gasteiger partial charge in [-0.15, -0.1) is 0 Å². The van der Waals surface area contributed by atoms with Crippen LogP contribution in [-0.4, -0.2) is 28.9 Å². The van der Waals surface area contributed by atoms with Gasteiger partial charge in [0, 0.05) is 18.7 Å². The maximum Gasteiger partial charge on any atom is 0.226 e. The number of nitrogens with two attached hydrogens (primary N) is 1. The van der Waals surface area contributed by atoms with Crippen LogP contribution in [0.4, 0.5) is 0 Å². The van der Waals surface area contributed by atoms with E-state index in [4.69, 9.17) is 18.0 Å². The summed E-state index contributed by atoms with van der Waals surface area (Å²) in [6.07, 6.45) is 4.80. The fourth-order valence-corrected chi connectivity index (χ4v) is 2.27. The highest BCUT2D eigenvalue weighted by Crippen LogP contribution is 2.08. The molecule has 1 aromatic carbocycles. The summed E-state index contributed by atoms with van der Waals surface area (Å²) in [5.41, 5.74) is 7.43. The highest BCUT2D eigenvalue weighted by molar-refractivity contribution is 7.80. The number of hydrogen-bond donors (Lipinski definition) is 1. The van der Waals surface area contributed by atoms with Gasteiger partial charge in [-0.2, -0.15) is 0 Å². The van der Waals surface area contributed by atoms with Gasteiger partial charge in [0.1, 0.15) is 4.99 Å². The molecule has 1 amide bonds. The first-order valence-electron chi connectivity index (χ1n) is 7.75. The normalized spacial score (nSPS) is 10.4. The van der Waals surface area contributed by atoms with Crippen LogP contribution >= 0.6 is 12.2 Å². The van der Waals surface area contributed by atoms with E-state index in [1.807, 2.05) is 29.2 Å². The van der Waals surface area contributed by atoms with Gasteiger partial charge >= 0.3 is 0 Å². The topological polar surface area (TPSA) is 46.3 Å². The Bertz CT molecular complexity index is 448. The summed E-state index contributed by atoms with van der Waals surface area (Å²) in [7, 11) is 0. The minimum Gasteiger partial charge on any atom is -0.389 e. The Morgan fingerprint density at radius 2 is 1.62 bits per heavy atom. The highest BCUT2D eigenvalue weighted by Gasteiger charge is 2.13. The van der Waals surface area contributed by atoms with Crippen molar-refractivity contribution in [2.24, 2.45) is 5.73 Å². The standard InChI is InChI=1S/C17H26N2OS/c1-3-5-11-19(12-6-4-2)16(20)13-14-7-9-15(10-8-14)17(18)21/h7-10H,3-6,11-13H2,1-2H3,(H2,18,21). The second kappa shape index (κ2) is 9.50. The Morgan fingerprint density at radius 3 is 2.05 bits per heavy atom. The van der Waals surface area contributed by atoms with Crippen molar-refractivity contribution in [1.82, 2.24) is 4.90 Å². The fourth-order valence-electron chi connectivity index (χ4n) is 2.13. The lowest BCUT2D eigenvalue weighted by Gasteiger charge is -2.22. The first kappa shape index (κ1) is 17.6. The quantitative estimate of drug-likeness (QED) is 0.712. The largest absolute Gasteiger partial charge is 0.389 e. The molecular formula is C17H26N2OS. The zero-order valence-corrected chi connectivity index (χ0v) is 13.9. The Hall–Kier alpha value is -1.42. The number of carbonyl (C=O) groups is 1. The van der Waals surface area contributed by atoms with Crippen LogP contribution in [0.1, 0.15) is 50.7 Å². The minimum atomic E-state index is 0.208. The van der Waals surface area contributed by atoms with Crippen LogP contribution in [0, 0.1) is 0 Å². The van der Waals surface area contributed by atoms with Gasteiger partial charge in [-0.25, -0.2) is 0 Å². The Balaban J connectivity index is 2.64. The number of hydrogen-bond acceptors (Lipinski definition) is 2. The molecule has 21 heavy (non-hydrogen) atoms. The zero-order valence-electron chi connectivity index (χ0n) is 13.1. The third kappa shape index (κ3) is 6.25. The molecule has 4 heteroatoms. The maximum absolute atomic E-state index is 12.4. The summed E-state index contributed by atoms with van der Waals surface area (Å²) >= 11 is 4.93. The van der Waals surface area contributed by atoms with Crippen molar-refractivity contribution in [3.8, 4) is 0 Å². The van der Waals surface area contributed by atoms with E-state index in [2.05, 4.69) is 13.8 Å². The van der Waals surface area contributed by atoms with E-state index < -0.39 is 0 Å².